The van der Waals surface area contributed by atoms with E-state index in [0.717, 1.165) is 25.9 Å². The smallest absolute Gasteiger partial charge is 0.0701 e. The van der Waals surface area contributed by atoms with Gasteiger partial charge in [0.05, 0.1) is 3.79 Å². The highest BCUT2D eigenvalue weighted by Crippen LogP contribution is 2.25. The number of likely N-dealkylation sites (tertiary alicyclic amines) is 1. The van der Waals surface area contributed by atoms with E-state index in [0.29, 0.717) is 12.1 Å². The molecule has 2 unspecified atom stereocenters. The molecule has 1 fully saturated rings. The molecule has 1 aliphatic heterocycles. The molecule has 2 heterocycles. The molecule has 2 nitrogen and oxygen atoms in total. The van der Waals surface area contributed by atoms with E-state index >= 15 is 0 Å². The molecular weight excluding hydrogens is 272 g/mol. The molecule has 0 bridgehead atoms. The van der Waals surface area contributed by atoms with Crippen molar-refractivity contribution >= 4 is 27.3 Å². The van der Waals surface area contributed by atoms with Crippen LogP contribution in [-0.2, 0) is 6.54 Å². The Balaban J connectivity index is 1.94. The van der Waals surface area contributed by atoms with E-state index < -0.39 is 0 Å². The molecule has 1 saturated heterocycles. The van der Waals surface area contributed by atoms with Gasteiger partial charge in [-0.15, -0.1) is 11.3 Å². The van der Waals surface area contributed by atoms with Crippen LogP contribution < -0.4 is 5.73 Å². The molecule has 15 heavy (non-hydrogen) atoms. The quantitative estimate of drug-likeness (QED) is 0.907. The van der Waals surface area contributed by atoms with E-state index in [1.165, 1.54) is 8.66 Å². The third-order valence-corrected chi connectivity index (χ3v) is 4.65. The first kappa shape index (κ1) is 11.6. The molecule has 1 aromatic rings. The normalized spacial score (nSPS) is 28.2. The fourth-order valence-corrected chi connectivity index (χ4v) is 3.64. The summed E-state index contributed by atoms with van der Waals surface area (Å²) >= 11 is 5.33. The van der Waals surface area contributed by atoms with Crippen LogP contribution in [0.25, 0.3) is 0 Å². The molecule has 0 spiro atoms. The van der Waals surface area contributed by atoms with Gasteiger partial charge in [0.1, 0.15) is 0 Å². The number of nitrogens with zero attached hydrogens (tertiary/aromatic N) is 1. The molecule has 1 aromatic heterocycles. The lowest BCUT2D eigenvalue weighted by atomic mass is 9.99. The lowest BCUT2D eigenvalue weighted by molar-refractivity contribution is 0.141. The first-order valence-corrected chi connectivity index (χ1v) is 7.00. The van der Waals surface area contributed by atoms with Crippen LogP contribution in [0.5, 0.6) is 0 Å². The molecule has 2 rings (SSSR count). The zero-order valence-electron chi connectivity index (χ0n) is 8.95. The van der Waals surface area contributed by atoms with Crippen LogP contribution >= 0.6 is 27.3 Å². The van der Waals surface area contributed by atoms with Crippen LogP contribution in [0.3, 0.4) is 0 Å². The number of piperidine rings is 1. The fraction of sp³-hybridized carbons (Fsp3) is 0.636. The van der Waals surface area contributed by atoms with Gasteiger partial charge in [0.15, 0.2) is 0 Å². The topological polar surface area (TPSA) is 29.3 Å². The Kier molecular flexibility index (Phi) is 3.83. The maximum Gasteiger partial charge on any atom is 0.0701 e. The average molecular weight is 289 g/mol. The highest BCUT2D eigenvalue weighted by atomic mass is 79.9. The summed E-state index contributed by atoms with van der Waals surface area (Å²) in [5.74, 6) is 0. The second kappa shape index (κ2) is 4.95. The Bertz CT molecular complexity index is 326. The summed E-state index contributed by atoms with van der Waals surface area (Å²) < 4.78 is 1.22. The molecule has 1 aliphatic rings. The molecule has 2 N–H and O–H groups in total. The fourth-order valence-electron chi connectivity index (χ4n) is 2.13. The summed E-state index contributed by atoms with van der Waals surface area (Å²) in [6.07, 6.45) is 2.27. The Morgan fingerprint density at radius 2 is 2.40 bits per heavy atom. The molecule has 2 atom stereocenters. The first-order chi connectivity index (χ1) is 7.15. The maximum absolute atomic E-state index is 5.95. The maximum atomic E-state index is 5.95. The standard InChI is InChI=1S/C11H17BrN2S/c1-8-6-9(13)4-5-14(8)7-10-2-3-11(12)15-10/h2-3,8-9H,4-7,13H2,1H3. The van der Waals surface area contributed by atoms with E-state index in [9.17, 15) is 0 Å². The number of hydrogen-bond donors (Lipinski definition) is 1. The first-order valence-electron chi connectivity index (χ1n) is 5.39. The minimum Gasteiger partial charge on any atom is -0.328 e. The summed E-state index contributed by atoms with van der Waals surface area (Å²) in [4.78, 5) is 3.96. The third kappa shape index (κ3) is 3.03. The van der Waals surface area contributed by atoms with Gasteiger partial charge >= 0.3 is 0 Å². The van der Waals surface area contributed by atoms with E-state index in [1.54, 1.807) is 0 Å². The molecule has 0 aliphatic carbocycles. The number of nitrogens with two attached hydrogens (primary N) is 1. The highest BCUT2D eigenvalue weighted by Gasteiger charge is 2.23. The van der Waals surface area contributed by atoms with E-state index in [2.05, 4.69) is 39.9 Å². The minimum atomic E-state index is 0.409. The molecule has 84 valence electrons. The van der Waals surface area contributed by atoms with Crippen LogP contribution in [0.15, 0.2) is 15.9 Å². The average Bonchev–Trinajstić information content (AvgIpc) is 2.56. The van der Waals surface area contributed by atoms with Crippen molar-refractivity contribution in [2.24, 2.45) is 5.73 Å². The Hall–Kier alpha value is 0.1000. The van der Waals surface area contributed by atoms with Crippen molar-refractivity contribution in [3.05, 3.63) is 20.8 Å². The zero-order chi connectivity index (χ0) is 10.8. The van der Waals surface area contributed by atoms with Gasteiger partial charge in [-0.05, 0) is 47.8 Å². The van der Waals surface area contributed by atoms with Gasteiger partial charge in [-0.2, -0.15) is 0 Å². The van der Waals surface area contributed by atoms with Crippen molar-refractivity contribution < 1.29 is 0 Å². The van der Waals surface area contributed by atoms with Gasteiger partial charge < -0.3 is 5.73 Å². The Morgan fingerprint density at radius 1 is 1.60 bits per heavy atom. The van der Waals surface area contributed by atoms with Gasteiger partial charge in [-0.3, -0.25) is 4.90 Å². The van der Waals surface area contributed by atoms with Gasteiger partial charge in [-0.25, -0.2) is 0 Å². The number of hydrogen-bond acceptors (Lipinski definition) is 3. The summed E-state index contributed by atoms with van der Waals surface area (Å²) in [7, 11) is 0. The second-order valence-corrected chi connectivity index (χ2v) is 6.86. The van der Waals surface area contributed by atoms with Crippen LogP contribution in [-0.4, -0.2) is 23.5 Å². The highest BCUT2D eigenvalue weighted by molar-refractivity contribution is 9.11. The number of thiophene rings is 1. The zero-order valence-corrected chi connectivity index (χ0v) is 11.4. The Morgan fingerprint density at radius 3 is 3.00 bits per heavy atom. The molecule has 0 aromatic carbocycles. The summed E-state index contributed by atoms with van der Waals surface area (Å²) in [5, 5.41) is 0. The van der Waals surface area contributed by atoms with E-state index in [-0.39, 0.29) is 0 Å². The summed E-state index contributed by atoms with van der Waals surface area (Å²) in [6.45, 7) is 4.49. The predicted molar refractivity (Wildman–Crippen MR) is 69.1 cm³/mol. The number of halogens is 1. The molecule has 0 saturated carbocycles. The van der Waals surface area contributed by atoms with Crippen molar-refractivity contribution in [2.45, 2.75) is 38.4 Å². The van der Waals surface area contributed by atoms with E-state index in [1.807, 2.05) is 11.3 Å². The van der Waals surface area contributed by atoms with Crippen molar-refractivity contribution in [3.63, 3.8) is 0 Å². The van der Waals surface area contributed by atoms with E-state index in [4.69, 9.17) is 5.73 Å². The van der Waals surface area contributed by atoms with Crippen LogP contribution in [0.1, 0.15) is 24.6 Å². The Labute approximate surface area is 104 Å². The number of rotatable bonds is 2. The predicted octanol–water partition coefficient (Wildman–Crippen LogP) is 2.82. The second-order valence-electron chi connectivity index (χ2n) is 4.31. The van der Waals surface area contributed by atoms with Gasteiger partial charge in [0.25, 0.3) is 0 Å². The van der Waals surface area contributed by atoms with Crippen LogP contribution in [0.2, 0.25) is 0 Å². The van der Waals surface area contributed by atoms with Crippen LogP contribution in [0, 0.1) is 0 Å². The van der Waals surface area contributed by atoms with Gasteiger partial charge in [0, 0.05) is 30.1 Å². The molecular formula is C11H17BrN2S. The van der Waals surface area contributed by atoms with Crippen molar-refractivity contribution in [2.75, 3.05) is 6.54 Å². The lowest BCUT2D eigenvalue weighted by Gasteiger charge is -2.36. The van der Waals surface area contributed by atoms with Gasteiger partial charge in [-0.1, -0.05) is 0 Å². The third-order valence-electron chi connectivity index (χ3n) is 3.04. The largest absolute Gasteiger partial charge is 0.328 e. The van der Waals surface area contributed by atoms with Crippen LogP contribution in [0.4, 0.5) is 0 Å². The summed E-state index contributed by atoms with van der Waals surface area (Å²) in [6, 6.07) is 5.36. The SMILES string of the molecule is CC1CC(N)CCN1Cc1ccc(Br)s1. The minimum absolute atomic E-state index is 0.409. The monoisotopic (exact) mass is 288 g/mol. The molecule has 0 amide bonds. The van der Waals surface area contributed by atoms with Crippen molar-refractivity contribution in [1.29, 1.82) is 0 Å². The lowest BCUT2D eigenvalue weighted by Crippen LogP contribution is -2.44. The van der Waals surface area contributed by atoms with Crippen molar-refractivity contribution in [1.82, 2.24) is 4.90 Å². The summed E-state index contributed by atoms with van der Waals surface area (Å²) in [5.41, 5.74) is 5.95. The van der Waals surface area contributed by atoms with Gasteiger partial charge in [0.2, 0.25) is 0 Å². The molecule has 0 radical (unpaired) electrons. The van der Waals surface area contributed by atoms with Crippen molar-refractivity contribution in [3.8, 4) is 0 Å². The molecule has 4 heteroatoms.